The van der Waals surface area contributed by atoms with Crippen molar-refractivity contribution in [3.63, 3.8) is 0 Å². The van der Waals surface area contributed by atoms with Crippen molar-refractivity contribution >= 4 is 17.5 Å². The number of nitrogens with one attached hydrogen (secondary N) is 1. The third-order valence-corrected chi connectivity index (χ3v) is 5.62. The van der Waals surface area contributed by atoms with Crippen LogP contribution in [-0.4, -0.2) is 59.3 Å². The molecule has 0 bridgehead atoms. The summed E-state index contributed by atoms with van der Waals surface area (Å²) in [6.07, 6.45) is -3.78. The van der Waals surface area contributed by atoms with Crippen LogP contribution < -0.4 is 10.1 Å². The van der Waals surface area contributed by atoms with Gasteiger partial charge in [0.1, 0.15) is 30.2 Å². The number of halogens is 1. The van der Waals surface area contributed by atoms with E-state index in [4.69, 9.17) is 21.1 Å². The van der Waals surface area contributed by atoms with Crippen molar-refractivity contribution < 1.29 is 29.6 Å². The van der Waals surface area contributed by atoms with Crippen molar-refractivity contribution in [3.05, 3.63) is 64.2 Å². The van der Waals surface area contributed by atoms with Crippen LogP contribution in [0.3, 0.4) is 0 Å². The summed E-state index contributed by atoms with van der Waals surface area (Å²) < 4.78 is 11.0. The van der Waals surface area contributed by atoms with Crippen LogP contribution >= 0.6 is 11.6 Å². The summed E-state index contributed by atoms with van der Waals surface area (Å²) in [7, 11) is 1.61. The van der Waals surface area contributed by atoms with Gasteiger partial charge in [-0.1, -0.05) is 35.9 Å². The molecule has 2 aromatic rings. The summed E-state index contributed by atoms with van der Waals surface area (Å²) in [5, 5.41) is 34.0. The van der Waals surface area contributed by atoms with Gasteiger partial charge in [-0.25, -0.2) is 0 Å². The molecule has 0 radical (unpaired) electrons. The van der Waals surface area contributed by atoms with E-state index in [0.29, 0.717) is 17.0 Å². The van der Waals surface area contributed by atoms with Crippen molar-refractivity contribution in [3.8, 4) is 5.75 Å². The van der Waals surface area contributed by atoms with E-state index in [1.165, 1.54) is 6.92 Å². The van der Waals surface area contributed by atoms with Gasteiger partial charge >= 0.3 is 0 Å². The minimum Gasteiger partial charge on any atom is -0.497 e. The monoisotopic (exact) mass is 435 g/mol. The molecule has 1 unspecified atom stereocenters. The van der Waals surface area contributed by atoms with Crippen LogP contribution in [0.4, 0.5) is 0 Å². The number of rotatable bonds is 6. The number of carbonyl (C=O) groups excluding carboxylic acids is 1. The molecule has 1 heterocycles. The van der Waals surface area contributed by atoms with Gasteiger partial charge in [0.05, 0.1) is 19.8 Å². The lowest BCUT2D eigenvalue weighted by atomic mass is 9.88. The number of aliphatic hydroxyl groups excluding tert-OH is 3. The predicted molar refractivity (Wildman–Crippen MR) is 112 cm³/mol. The fourth-order valence-electron chi connectivity index (χ4n) is 3.68. The van der Waals surface area contributed by atoms with Gasteiger partial charge in [-0.05, 0) is 41.3 Å². The quantitative estimate of drug-likeness (QED) is 0.549. The molecule has 3 rings (SSSR count). The van der Waals surface area contributed by atoms with Crippen LogP contribution in [0.1, 0.15) is 29.7 Å². The molecule has 0 aromatic heterocycles. The Morgan fingerprint density at radius 2 is 1.87 bits per heavy atom. The van der Waals surface area contributed by atoms with Crippen molar-refractivity contribution in [2.75, 3.05) is 13.7 Å². The number of hydrogen-bond acceptors (Lipinski definition) is 6. The minimum absolute atomic E-state index is 0.389. The van der Waals surface area contributed by atoms with Crippen molar-refractivity contribution in [1.29, 1.82) is 0 Å². The van der Waals surface area contributed by atoms with Gasteiger partial charge in [-0.15, -0.1) is 0 Å². The minimum atomic E-state index is -1.30. The summed E-state index contributed by atoms with van der Waals surface area (Å²) >= 11 is 6.38. The second kappa shape index (κ2) is 9.76. The Hall–Kier alpha value is -2.16. The first kappa shape index (κ1) is 22.5. The largest absolute Gasteiger partial charge is 0.497 e. The van der Waals surface area contributed by atoms with E-state index < -0.39 is 37.1 Å². The Labute approximate surface area is 180 Å². The van der Waals surface area contributed by atoms with Crippen LogP contribution in [0.15, 0.2) is 42.5 Å². The molecule has 0 saturated carbocycles. The van der Waals surface area contributed by atoms with E-state index in [1.54, 1.807) is 19.2 Å². The molecule has 0 spiro atoms. The molecule has 162 valence electrons. The number of methoxy groups -OCH3 is 1. The first-order chi connectivity index (χ1) is 14.3. The number of amides is 1. The Bertz CT molecular complexity index is 872. The number of carbonyl (C=O) groups is 1. The third-order valence-electron chi connectivity index (χ3n) is 5.25. The highest BCUT2D eigenvalue weighted by atomic mass is 35.5. The third kappa shape index (κ3) is 4.94. The van der Waals surface area contributed by atoms with Gasteiger partial charge in [0.15, 0.2) is 0 Å². The maximum absolute atomic E-state index is 11.4. The molecule has 1 aliphatic heterocycles. The van der Waals surface area contributed by atoms with Gasteiger partial charge in [-0.3, -0.25) is 4.79 Å². The zero-order valence-corrected chi connectivity index (χ0v) is 17.5. The number of hydrogen-bond donors (Lipinski definition) is 4. The Morgan fingerprint density at radius 1 is 1.17 bits per heavy atom. The van der Waals surface area contributed by atoms with Crippen LogP contribution in [0, 0.1) is 0 Å². The lowest BCUT2D eigenvalue weighted by Gasteiger charge is -2.42. The summed E-state index contributed by atoms with van der Waals surface area (Å²) in [6.45, 7) is 0.877. The van der Waals surface area contributed by atoms with Gasteiger partial charge in [0.2, 0.25) is 5.91 Å². The topological polar surface area (TPSA) is 108 Å². The highest BCUT2D eigenvalue weighted by Gasteiger charge is 2.45. The normalized spacial score (nSPS) is 26.3. The van der Waals surface area contributed by atoms with E-state index in [9.17, 15) is 20.1 Å². The summed E-state index contributed by atoms with van der Waals surface area (Å²) in [6, 6.07) is 12.0. The van der Waals surface area contributed by atoms with Crippen LogP contribution in [-0.2, 0) is 16.0 Å². The Kier molecular flexibility index (Phi) is 7.33. The zero-order chi connectivity index (χ0) is 21.8. The fourth-order valence-corrected chi connectivity index (χ4v) is 3.87. The molecule has 7 nitrogen and oxygen atoms in total. The molecular weight excluding hydrogens is 410 g/mol. The highest BCUT2D eigenvalue weighted by molar-refractivity contribution is 6.31. The van der Waals surface area contributed by atoms with Gasteiger partial charge in [0.25, 0.3) is 0 Å². The maximum Gasteiger partial charge on any atom is 0.217 e. The average molecular weight is 436 g/mol. The highest BCUT2D eigenvalue weighted by Crippen LogP contribution is 2.34. The van der Waals surface area contributed by atoms with Gasteiger partial charge in [-0.2, -0.15) is 0 Å². The molecule has 4 N–H and O–H groups in total. The first-order valence-electron chi connectivity index (χ1n) is 9.64. The molecule has 5 atom stereocenters. The smallest absolute Gasteiger partial charge is 0.217 e. The zero-order valence-electron chi connectivity index (χ0n) is 16.8. The molecule has 8 heteroatoms. The molecule has 2 aromatic carbocycles. The van der Waals surface area contributed by atoms with Crippen molar-refractivity contribution in [2.45, 2.75) is 43.8 Å². The fraction of sp³-hybridized carbons (Fsp3) is 0.409. The van der Waals surface area contributed by atoms with Crippen molar-refractivity contribution in [2.24, 2.45) is 0 Å². The second-order valence-corrected chi connectivity index (χ2v) is 7.77. The predicted octanol–water partition coefficient (Wildman–Crippen LogP) is 1.60. The molecule has 1 saturated heterocycles. The Morgan fingerprint density at radius 3 is 2.47 bits per heavy atom. The standard InChI is InChI=1S/C22H26ClNO6/c1-12(26)24-19-18(11-25)30-22(21(28)20(19)27)14-5-8-17(23)15(10-14)9-13-3-6-16(29-2)7-4-13/h3-8,10,18-22,25,27-28H,9,11H2,1-2H3,(H,24,26)/t18?,19-,20+,21-,22+/m1/s1. The second-order valence-electron chi connectivity index (χ2n) is 7.36. The van der Waals surface area contributed by atoms with Gasteiger partial charge < -0.3 is 30.1 Å². The molecule has 1 amide bonds. The van der Waals surface area contributed by atoms with Crippen LogP contribution in [0.2, 0.25) is 5.02 Å². The SMILES string of the molecule is COc1ccc(Cc2cc([C@@H]3OC(CO)[C@@H](NC(C)=O)[C@H](O)[C@H]3O)ccc2Cl)cc1. The average Bonchev–Trinajstić information content (AvgIpc) is 2.74. The maximum atomic E-state index is 11.4. The molecule has 0 aliphatic carbocycles. The Balaban J connectivity index is 1.84. The molecular formula is C22H26ClNO6. The number of aliphatic hydroxyl groups is 3. The first-order valence-corrected chi connectivity index (χ1v) is 10.0. The van der Waals surface area contributed by atoms with Crippen LogP contribution in [0.25, 0.3) is 0 Å². The lowest BCUT2D eigenvalue weighted by molar-refractivity contribution is -0.196. The molecule has 1 aliphatic rings. The number of benzene rings is 2. The summed E-state index contributed by atoms with van der Waals surface area (Å²) in [5.74, 6) is 0.370. The van der Waals surface area contributed by atoms with E-state index >= 15 is 0 Å². The lowest BCUT2D eigenvalue weighted by Crippen LogP contribution is -2.61. The number of ether oxygens (including phenoxy) is 2. The van der Waals surface area contributed by atoms with E-state index in [1.807, 2.05) is 30.3 Å². The summed E-state index contributed by atoms with van der Waals surface area (Å²) in [5.41, 5.74) is 2.47. The summed E-state index contributed by atoms with van der Waals surface area (Å²) in [4.78, 5) is 11.4. The molecule has 30 heavy (non-hydrogen) atoms. The van der Waals surface area contributed by atoms with Crippen LogP contribution in [0.5, 0.6) is 5.75 Å². The van der Waals surface area contributed by atoms with Gasteiger partial charge in [0, 0.05) is 11.9 Å². The van der Waals surface area contributed by atoms with E-state index in [2.05, 4.69) is 5.32 Å². The van der Waals surface area contributed by atoms with E-state index in [0.717, 1.165) is 16.9 Å². The van der Waals surface area contributed by atoms with E-state index in [-0.39, 0.29) is 5.91 Å². The van der Waals surface area contributed by atoms with Crippen molar-refractivity contribution in [1.82, 2.24) is 5.32 Å². The molecule has 1 fully saturated rings.